The predicted molar refractivity (Wildman–Crippen MR) is 84.1 cm³/mol. The third-order valence-electron chi connectivity index (χ3n) is 4.34. The molecule has 1 heterocycles. The minimum Gasteiger partial charge on any atom is -0.392 e. The Morgan fingerprint density at radius 2 is 1.89 bits per heavy atom. The number of amides is 1. The van der Waals surface area contributed by atoms with Crippen molar-refractivity contribution in [2.45, 2.75) is 71.8 Å². The molecule has 0 aromatic heterocycles. The van der Waals surface area contributed by atoms with Gasteiger partial charge in [0, 0.05) is 12.6 Å². The molecule has 1 amide bonds. The molecule has 1 aliphatic rings. The van der Waals surface area contributed by atoms with Gasteiger partial charge < -0.3 is 10.6 Å². The van der Waals surface area contributed by atoms with E-state index in [1.807, 2.05) is 4.90 Å². The van der Waals surface area contributed by atoms with Crippen LogP contribution < -0.4 is 5.73 Å². The number of carbonyl (C=O) groups is 1. The van der Waals surface area contributed by atoms with Gasteiger partial charge in [-0.05, 0) is 32.1 Å². The minimum absolute atomic E-state index is 0.188. The van der Waals surface area contributed by atoms with Gasteiger partial charge in [-0.2, -0.15) is 0 Å². The fourth-order valence-corrected chi connectivity index (χ4v) is 3.64. The molecule has 0 spiro atoms. The molecule has 2 N–H and O–H groups in total. The van der Waals surface area contributed by atoms with Crippen LogP contribution in [0, 0.1) is 5.41 Å². The SMILES string of the molecule is CCCC(CCC)(C(=O)N1CCCC1CC)C(N)=S. The highest BCUT2D eigenvalue weighted by molar-refractivity contribution is 7.80. The van der Waals surface area contributed by atoms with Crippen LogP contribution in [0.25, 0.3) is 0 Å². The molecule has 110 valence electrons. The number of rotatable bonds is 7. The average Bonchev–Trinajstić information content (AvgIpc) is 2.85. The third kappa shape index (κ3) is 3.28. The van der Waals surface area contributed by atoms with E-state index in [-0.39, 0.29) is 5.91 Å². The molecule has 3 nitrogen and oxygen atoms in total. The smallest absolute Gasteiger partial charge is 0.235 e. The van der Waals surface area contributed by atoms with Crippen LogP contribution in [0.1, 0.15) is 65.7 Å². The second kappa shape index (κ2) is 7.22. The van der Waals surface area contributed by atoms with Crippen LogP contribution in [-0.4, -0.2) is 28.4 Å². The molecule has 19 heavy (non-hydrogen) atoms. The van der Waals surface area contributed by atoms with Crippen molar-refractivity contribution < 1.29 is 4.79 Å². The van der Waals surface area contributed by atoms with E-state index in [1.54, 1.807) is 0 Å². The number of nitrogens with two attached hydrogens (primary N) is 1. The summed E-state index contributed by atoms with van der Waals surface area (Å²) in [5.74, 6) is 0.188. The molecule has 1 atom stereocenters. The van der Waals surface area contributed by atoms with Gasteiger partial charge in [0.15, 0.2) is 0 Å². The van der Waals surface area contributed by atoms with Gasteiger partial charge in [-0.25, -0.2) is 0 Å². The van der Waals surface area contributed by atoms with E-state index in [1.165, 1.54) is 0 Å². The lowest BCUT2D eigenvalue weighted by Gasteiger charge is -2.37. The number of nitrogens with zero attached hydrogens (tertiary/aromatic N) is 1. The van der Waals surface area contributed by atoms with E-state index in [0.717, 1.165) is 51.5 Å². The molecule has 4 heteroatoms. The molecular formula is C15H28N2OS. The zero-order valence-corrected chi connectivity index (χ0v) is 13.4. The molecule has 0 aliphatic carbocycles. The van der Waals surface area contributed by atoms with Gasteiger partial charge >= 0.3 is 0 Å². The van der Waals surface area contributed by atoms with Gasteiger partial charge in [-0.1, -0.05) is 45.8 Å². The van der Waals surface area contributed by atoms with Crippen LogP contribution in [0.4, 0.5) is 0 Å². The van der Waals surface area contributed by atoms with Crippen molar-refractivity contribution in [1.29, 1.82) is 0 Å². The summed E-state index contributed by atoms with van der Waals surface area (Å²) in [5, 5.41) is 0. The Labute approximate surface area is 122 Å². The molecule has 0 radical (unpaired) electrons. The first-order valence-electron chi connectivity index (χ1n) is 7.64. The van der Waals surface area contributed by atoms with Crippen LogP contribution in [0.3, 0.4) is 0 Å². The molecule has 0 bridgehead atoms. The summed E-state index contributed by atoms with van der Waals surface area (Å²) in [5.41, 5.74) is 5.38. The quantitative estimate of drug-likeness (QED) is 0.730. The molecule has 1 fully saturated rings. The molecule has 0 aromatic rings. The van der Waals surface area contributed by atoms with Crippen molar-refractivity contribution in [1.82, 2.24) is 4.90 Å². The van der Waals surface area contributed by atoms with Gasteiger partial charge in [0.2, 0.25) is 5.91 Å². The fraction of sp³-hybridized carbons (Fsp3) is 0.867. The zero-order valence-electron chi connectivity index (χ0n) is 12.6. The van der Waals surface area contributed by atoms with E-state index in [2.05, 4.69) is 20.8 Å². The van der Waals surface area contributed by atoms with Crippen molar-refractivity contribution in [3.8, 4) is 0 Å². The standard InChI is InChI=1S/C15H28N2OS/c1-4-9-15(10-5-2,13(16)19)14(18)17-11-7-8-12(17)6-3/h12H,4-11H2,1-3H3,(H2,16,19). The molecule has 1 saturated heterocycles. The Balaban J connectivity index is 3.02. The molecule has 1 unspecified atom stereocenters. The molecule has 0 aromatic carbocycles. The van der Waals surface area contributed by atoms with Gasteiger partial charge in [-0.3, -0.25) is 4.79 Å². The maximum Gasteiger partial charge on any atom is 0.235 e. The van der Waals surface area contributed by atoms with Crippen LogP contribution in [-0.2, 0) is 4.79 Å². The number of likely N-dealkylation sites (tertiary alicyclic amines) is 1. The Hall–Kier alpha value is -0.640. The highest BCUT2D eigenvalue weighted by atomic mass is 32.1. The first-order valence-corrected chi connectivity index (χ1v) is 8.05. The van der Waals surface area contributed by atoms with Gasteiger partial charge in [-0.15, -0.1) is 0 Å². The average molecular weight is 284 g/mol. The van der Waals surface area contributed by atoms with Crippen LogP contribution in [0.5, 0.6) is 0 Å². The summed E-state index contributed by atoms with van der Waals surface area (Å²) in [6.07, 6.45) is 6.69. The predicted octanol–water partition coefficient (Wildman–Crippen LogP) is 3.26. The van der Waals surface area contributed by atoms with E-state index in [4.69, 9.17) is 18.0 Å². The van der Waals surface area contributed by atoms with Crippen LogP contribution in [0.2, 0.25) is 0 Å². The van der Waals surface area contributed by atoms with E-state index in [9.17, 15) is 4.79 Å². The molecular weight excluding hydrogens is 256 g/mol. The lowest BCUT2D eigenvalue weighted by molar-refractivity contribution is -0.140. The van der Waals surface area contributed by atoms with Crippen molar-refractivity contribution in [3.63, 3.8) is 0 Å². The lowest BCUT2D eigenvalue weighted by atomic mass is 9.77. The first-order chi connectivity index (χ1) is 9.03. The van der Waals surface area contributed by atoms with E-state index >= 15 is 0 Å². The third-order valence-corrected chi connectivity index (χ3v) is 4.73. The molecule has 0 saturated carbocycles. The van der Waals surface area contributed by atoms with E-state index in [0.29, 0.717) is 11.0 Å². The first kappa shape index (κ1) is 16.4. The van der Waals surface area contributed by atoms with Crippen molar-refractivity contribution in [3.05, 3.63) is 0 Å². The van der Waals surface area contributed by atoms with Gasteiger partial charge in [0.1, 0.15) is 0 Å². The number of thiocarbonyl (C=S) groups is 1. The van der Waals surface area contributed by atoms with Crippen molar-refractivity contribution in [2.75, 3.05) is 6.54 Å². The van der Waals surface area contributed by atoms with Gasteiger partial charge in [0.25, 0.3) is 0 Å². The second-order valence-electron chi connectivity index (χ2n) is 5.65. The largest absolute Gasteiger partial charge is 0.392 e. The Morgan fingerprint density at radius 1 is 1.32 bits per heavy atom. The summed E-state index contributed by atoms with van der Waals surface area (Å²) >= 11 is 5.28. The lowest BCUT2D eigenvalue weighted by Crippen LogP contribution is -2.52. The number of hydrogen-bond acceptors (Lipinski definition) is 2. The summed E-state index contributed by atoms with van der Waals surface area (Å²) in [4.78, 5) is 15.5. The Morgan fingerprint density at radius 3 is 2.32 bits per heavy atom. The Bertz CT molecular complexity index is 324. The topological polar surface area (TPSA) is 46.3 Å². The molecule has 1 rings (SSSR count). The second-order valence-corrected chi connectivity index (χ2v) is 6.09. The highest BCUT2D eigenvalue weighted by Crippen LogP contribution is 2.36. The van der Waals surface area contributed by atoms with E-state index < -0.39 is 5.41 Å². The van der Waals surface area contributed by atoms with Crippen molar-refractivity contribution in [2.24, 2.45) is 11.1 Å². The summed E-state index contributed by atoms with van der Waals surface area (Å²) < 4.78 is 0. The molecule has 1 aliphatic heterocycles. The zero-order chi connectivity index (χ0) is 14.5. The van der Waals surface area contributed by atoms with Crippen LogP contribution in [0.15, 0.2) is 0 Å². The van der Waals surface area contributed by atoms with Crippen molar-refractivity contribution >= 4 is 23.1 Å². The van der Waals surface area contributed by atoms with Gasteiger partial charge in [0.05, 0.1) is 10.4 Å². The summed E-state index contributed by atoms with van der Waals surface area (Å²) in [6.45, 7) is 7.21. The fourth-order valence-electron chi connectivity index (χ4n) is 3.35. The highest BCUT2D eigenvalue weighted by Gasteiger charge is 2.44. The monoisotopic (exact) mass is 284 g/mol. The summed E-state index contributed by atoms with van der Waals surface area (Å²) in [6, 6.07) is 0.384. The maximum absolute atomic E-state index is 13.0. The van der Waals surface area contributed by atoms with Crippen LogP contribution >= 0.6 is 12.2 Å². The normalized spacial score (nSPS) is 19.7. The maximum atomic E-state index is 13.0. The number of carbonyl (C=O) groups excluding carboxylic acids is 1. The minimum atomic E-state index is -0.601. The Kier molecular flexibility index (Phi) is 6.24. The number of hydrogen-bond donors (Lipinski definition) is 1. The summed E-state index contributed by atoms with van der Waals surface area (Å²) in [7, 11) is 0.